The van der Waals surface area contributed by atoms with Crippen LogP contribution in [0.3, 0.4) is 0 Å². The Morgan fingerprint density at radius 2 is 1.91 bits per heavy atom. The lowest BCUT2D eigenvalue weighted by Crippen LogP contribution is -2.46. The van der Waals surface area contributed by atoms with Gasteiger partial charge in [-0.15, -0.1) is 0 Å². The summed E-state index contributed by atoms with van der Waals surface area (Å²) in [5.74, 6) is 2.50. The van der Waals surface area contributed by atoms with Gasteiger partial charge >= 0.3 is 0 Å². The van der Waals surface area contributed by atoms with Crippen LogP contribution in [0.15, 0.2) is 4.99 Å². The van der Waals surface area contributed by atoms with Crippen molar-refractivity contribution in [2.24, 2.45) is 22.2 Å². The monoisotopic (exact) mass is 323 g/mol. The summed E-state index contributed by atoms with van der Waals surface area (Å²) in [5, 5.41) is 3.50. The first-order chi connectivity index (χ1) is 10.9. The molecule has 2 rings (SSSR count). The maximum Gasteiger partial charge on any atom is 0.193 e. The van der Waals surface area contributed by atoms with E-state index >= 15 is 0 Å². The predicted octanol–water partition coefficient (Wildman–Crippen LogP) is 3.53. The Hall–Kier alpha value is -0.770. The molecule has 2 atom stereocenters. The highest BCUT2D eigenvalue weighted by Gasteiger charge is 2.35. The van der Waals surface area contributed by atoms with Gasteiger partial charge in [-0.05, 0) is 43.9 Å². The zero-order chi connectivity index (χ0) is 16.9. The third kappa shape index (κ3) is 5.37. The van der Waals surface area contributed by atoms with Gasteiger partial charge in [0.1, 0.15) is 0 Å². The lowest BCUT2D eigenvalue weighted by molar-refractivity contribution is -0.0824. The fourth-order valence-electron chi connectivity index (χ4n) is 3.84. The van der Waals surface area contributed by atoms with Crippen molar-refractivity contribution in [1.29, 1.82) is 0 Å². The zero-order valence-electron chi connectivity index (χ0n) is 15.9. The molecule has 23 heavy (non-hydrogen) atoms. The Kier molecular flexibility index (Phi) is 6.75. The van der Waals surface area contributed by atoms with Gasteiger partial charge < -0.3 is 15.0 Å². The molecular formula is C19H37N3O. The molecule has 2 aliphatic rings. The van der Waals surface area contributed by atoms with Gasteiger partial charge in [-0.3, -0.25) is 4.99 Å². The van der Waals surface area contributed by atoms with E-state index in [1.54, 1.807) is 0 Å². The minimum absolute atomic E-state index is 0.194. The molecule has 0 spiro atoms. The van der Waals surface area contributed by atoms with Crippen LogP contribution in [0.25, 0.3) is 0 Å². The van der Waals surface area contributed by atoms with Gasteiger partial charge in [-0.2, -0.15) is 0 Å². The summed E-state index contributed by atoms with van der Waals surface area (Å²) in [6, 6.07) is 0. The molecule has 0 aromatic rings. The maximum atomic E-state index is 6.10. The third-order valence-corrected chi connectivity index (χ3v) is 5.19. The van der Waals surface area contributed by atoms with Crippen molar-refractivity contribution in [2.45, 2.75) is 66.4 Å². The van der Waals surface area contributed by atoms with E-state index in [1.807, 2.05) is 0 Å². The van der Waals surface area contributed by atoms with Crippen LogP contribution < -0.4 is 5.32 Å². The van der Waals surface area contributed by atoms with Crippen molar-refractivity contribution in [1.82, 2.24) is 10.2 Å². The topological polar surface area (TPSA) is 36.9 Å². The summed E-state index contributed by atoms with van der Waals surface area (Å²) in [5.41, 5.74) is 0.194. The van der Waals surface area contributed by atoms with E-state index < -0.39 is 0 Å². The molecule has 0 aromatic carbocycles. The molecule has 2 aliphatic heterocycles. The molecule has 0 amide bonds. The molecule has 2 heterocycles. The van der Waals surface area contributed by atoms with Crippen molar-refractivity contribution in [3.63, 3.8) is 0 Å². The fraction of sp³-hybridized carbons (Fsp3) is 0.947. The molecular weight excluding hydrogens is 286 g/mol. The summed E-state index contributed by atoms with van der Waals surface area (Å²) in [6.07, 6.45) is 5.29. The first kappa shape index (κ1) is 18.6. The second-order valence-corrected chi connectivity index (χ2v) is 8.42. The lowest BCUT2D eigenvalue weighted by atomic mass is 9.78. The van der Waals surface area contributed by atoms with E-state index in [2.05, 4.69) is 44.8 Å². The SMILES string of the molecule is CCNC(=NCC1CCCOC1C(C)(C)C)N1CCC(C)CC1. The predicted molar refractivity (Wildman–Crippen MR) is 97.9 cm³/mol. The van der Waals surface area contributed by atoms with Crippen LogP contribution in [-0.2, 0) is 4.74 Å². The number of nitrogens with zero attached hydrogens (tertiary/aromatic N) is 2. The first-order valence-electron chi connectivity index (χ1n) is 9.56. The molecule has 0 bridgehead atoms. The van der Waals surface area contributed by atoms with Crippen LogP contribution >= 0.6 is 0 Å². The van der Waals surface area contributed by atoms with Crippen LogP contribution in [-0.4, -0.2) is 49.7 Å². The highest BCUT2D eigenvalue weighted by Crippen LogP contribution is 2.34. The molecule has 2 unspecified atom stereocenters. The molecule has 0 aromatic heterocycles. The first-order valence-corrected chi connectivity index (χ1v) is 9.56. The smallest absolute Gasteiger partial charge is 0.193 e. The number of hydrogen-bond acceptors (Lipinski definition) is 2. The van der Waals surface area contributed by atoms with E-state index in [0.29, 0.717) is 12.0 Å². The molecule has 1 N–H and O–H groups in total. The second kappa shape index (κ2) is 8.36. The molecule has 0 aliphatic carbocycles. The van der Waals surface area contributed by atoms with Crippen molar-refractivity contribution in [2.75, 3.05) is 32.8 Å². The van der Waals surface area contributed by atoms with Gasteiger partial charge in [0, 0.05) is 38.7 Å². The molecule has 134 valence electrons. The lowest BCUT2D eigenvalue weighted by Gasteiger charge is -2.40. The number of ether oxygens (including phenoxy) is 1. The largest absolute Gasteiger partial charge is 0.377 e. The van der Waals surface area contributed by atoms with Gasteiger partial charge in [0.15, 0.2) is 5.96 Å². The van der Waals surface area contributed by atoms with E-state index in [9.17, 15) is 0 Å². The fourth-order valence-corrected chi connectivity index (χ4v) is 3.84. The molecule has 4 heteroatoms. The molecule has 0 radical (unpaired) electrons. The Labute approximate surface area is 143 Å². The van der Waals surface area contributed by atoms with Crippen molar-refractivity contribution in [3.8, 4) is 0 Å². The number of likely N-dealkylation sites (tertiary alicyclic amines) is 1. The Morgan fingerprint density at radius 1 is 1.22 bits per heavy atom. The summed E-state index contributed by atoms with van der Waals surface area (Å²) in [7, 11) is 0. The van der Waals surface area contributed by atoms with E-state index in [4.69, 9.17) is 9.73 Å². The number of piperidine rings is 1. The normalized spacial score (nSPS) is 28.0. The Morgan fingerprint density at radius 3 is 2.52 bits per heavy atom. The van der Waals surface area contributed by atoms with Gasteiger partial charge in [-0.25, -0.2) is 0 Å². The van der Waals surface area contributed by atoms with E-state index in [0.717, 1.165) is 44.7 Å². The Bertz CT molecular complexity index is 381. The van der Waals surface area contributed by atoms with Gasteiger partial charge in [0.25, 0.3) is 0 Å². The number of nitrogens with one attached hydrogen (secondary N) is 1. The van der Waals surface area contributed by atoms with Gasteiger partial charge in [-0.1, -0.05) is 27.7 Å². The van der Waals surface area contributed by atoms with Crippen LogP contribution in [0.1, 0.15) is 60.3 Å². The van der Waals surface area contributed by atoms with E-state index in [-0.39, 0.29) is 5.41 Å². The van der Waals surface area contributed by atoms with Crippen LogP contribution in [0.2, 0.25) is 0 Å². The number of hydrogen-bond donors (Lipinski definition) is 1. The third-order valence-electron chi connectivity index (χ3n) is 5.19. The number of guanidine groups is 1. The average Bonchev–Trinajstić information content (AvgIpc) is 2.52. The van der Waals surface area contributed by atoms with E-state index in [1.165, 1.54) is 25.7 Å². The number of aliphatic imine (C=N–C) groups is 1. The van der Waals surface area contributed by atoms with Crippen molar-refractivity contribution >= 4 is 5.96 Å². The minimum atomic E-state index is 0.194. The van der Waals surface area contributed by atoms with Crippen LogP contribution in [0, 0.1) is 17.3 Å². The highest BCUT2D eigenvalue weighted by atomic mass is 16.5. The number of rotatable bonds is 3. The highest BCUT2D eigenvalue weighted by molar-refractivity contribution is 5.80. The zero-order valence-corrected chi connectivity index (χ0v) is 15.9. The van der Waals surface area contributed by atoms with Gasteiger partial charge in [0.2, 0.25) is 0 Å². The molecule has 4 nitrogen and oxygen atoms in total. The summed E-state index contributed by atoms with van der Waals surface area (Å²) < 4.78 is 6.10. The summed E-state index contributed by atoms with van der Waals surface area (Å²) in [4.78, 5) is 7.44. The molecule has 2 saturated heterocycles. The average molecular weight is 324 g/mol. The molecule has 2 fully saturated rings. The van der Waals surface area contributed by atoms with Crippen molar-refractivity contribution < 1.29 is 4.74 Å². The molecule has 0 saturated carbocycles. The van der Waals surface area contributed by atoms with Crippen LogP contribution in [0.5, 0.6) is 0 Å². The standard InChI is InChI=1S/C19H37N3O/c1-6-20-18(22-11-9-15(2)10-12-22)21-14-16-8-7-13-23-17(16)19(3,4)5/h15-17H,6-14H2,1-5H3,(H,20,21). The second-order valence-electron chi connectivity index (χ2n) is 8.42. The minimum Gasteiger partial charge on any atom is -0.377 e. The summed E-state index contributed by atoms with van der Waals surface area (Å²) >= 11 is 0. The quantitative estimate of drug-likeness (QED) is 0.638. The maximum absolute atomic E-state index is 6.10. The summed E-state index contributed by atoms with van der Waals surface area (Å²) in [6.45, 7) is 16.4. The van der Waals surface area contributed by atoms with Crippen LogP contribution in [0.4, 0.5) is 0 Å². The Balaban J connectivity index is 2.00. The van der Waals surface area contributed by atoms with Gasteiger partial charge in [0.05, 0.1) is 6.10 Å². The van der Waals surface area contributed by atoms with Crippen molar-refractivity contribution in [3.05, 3.63) is 0 Å².